The average molecular weight is 291 g/mol. The number of nitrogens with zero attached hydrogens (tertiary/aromatic N) is 2. The molecule has 2 aliphatic rings. The Balaban J connectivity index is 1.92. The number of rotatable bonds is 4. The van der Waals surface area contributed by atoms with Crippen LogP contribution in [0.4, 0.5) is 11.4 Å². The van der Waals surface area contributed by atoms with Crippen molar-refractivity contribution in [3.63, 3.8) is 0 Å². The number of benzene rings is 1. The first kappa shape index (κ1) is 14.1. The van der Waals surface area contributed by atoms with E-state index < -0.39 is 4.92 Å². The molecule has 0 radical (unpaired) electrons. The number of nitrogens with two attached hydrogens (primary N) is 1. The number of piperidine rings is 1. The molecule has 2 fully saturated rings. The molecule has 2 bridgehead atoms. The molecule has 2 atom stereocenters. The molecule has 1 aromatic rings. The van der Waals surface area contributed by atoms with Crippen LogP contribution < -0.4 is 15.4 Å². The van der Waals surface area contributed by atoms with Crippen LogP contribution in [0.3, 0.4) is 0 Å². The maximum Gasteiger partial charge on any atom is 0.311 e. The fourth-order valence-electron chi connectivity index (χ4n) is 3.73. The molecule has 6 nitrogen and oxygen atoms in total. The van der Waals surface area contributed by atoms with Gasteiger partial charge in [-0.3, -0.25) is 10.1 Å². The summed E-state index contributed by atoms with van der Waals surface area (Å²) >= 11 is 0. The van der Waals surface area contributed by atoms with E-state index in [-0.39, 0.29) is 11.7 Å². The van der Waals surface area contributed by atoms with Gasteiger partial charge >= 0.3 is 5.69 Å². The fourth-order valence-corrected chi connectivity index (χ4v) is 3.73. The Morgan fingerprint density at radius 1 is 1.38 bits per heavy atom. The molecule has 2 unspecified atom stereocenters. The highest BCUT2D eigenvalue weighted by Gasteiger charge is 2.40. The largest absolute Gasteiger partial charge is 0.487 e. The Morgan fingerprint density at radius 2 is 2.05 bits per heavy atom. The number of ether oxygens (including phenoxy) is 1. The predicted molar refractivity (Wildman–Crippen MR) is 80.8 cm³/mol. The Hall–Kier alpha value is -1.82. The standard InChI is InChI=1S/C15H21N3O3/c1-2-21-15-9-13(5-6-14(15)18(19)20)17-11-3-4-12(17)8-10(16)7-11/h5-6,9-12H,2-4,7-8,16H2,1H3. The quantitative estimate of drug-likeness (QED) is 0.680. The highest BCUT2D eigenvalue weighted by atomic mass is 16.6. The summed E-state index contributed by atoms with van der Waals surface area (Å²) < 4.78 is 5.45. The van der Waals surface area contributed by atoms with Crippen molar-refractivity contribution < 1.29 is 9.66 Å². The third kappa shape index (κ3) is 2.55. The average Bonchev–Trinajstić information content (AvgIpc) is 2.71. The predicted octanol–water partition coefficient (Wildman–Crippen LogP) is 2.45. The molecule has 2 saturated heterocycles. The topological polar surface area (TPSA) is 81.6 Å². The molecule has 0 amide bonds. The van der Waals surface area contributed by atoms with Gasteiger partial charge in [-0.2, -0.15) is 0 Å². The minimum absolute atomic E-state index is 0.0293. The lowest BCUT2D eigenvalue weighted by Gasteiger charge is -2.39. The van der Waals surface area contributed by atoms with E-state index in [1.54, 1.807) is 6.07 Å². The van der Waals surface area contributed by atoms with Crippen LogP contribution in [-0.2, 0) is 0 Å². The lowest BCUT2D eigenvalue weighted by molar-refractivity contribution is -0.385. The molecule has 0 aromatic heterocycles. The van der Waals surface area contributed by atoms with Gasteiger partial charge in [0.2, 0.25) is 0 Å². The molecule has 6 heteroatoms. The summed E-state index contributed by atoms with van der Waals surface area (Å²) in [6.45, 7) is 2.25. The smallest absolute Gasteiger partial charge is 0.311 e. The van der Waals surface area contributed by atoms with Crippen molar-refractivity contribution in [1.29, 1.82) is 0 Å². The van der Waals surface area contributed by atoms with Gasteiger partial charge in [0.1, 0.15) is 0 Å². The Kier molecular flexibility index (Phi) is 3.71. The number of nitro groups is 1. The van der Waals surface area contributed by atoms with Gasteiger partial charge in [0, 0.05) is 35.9 Å². The van der Waals surface area contributed by atoms with Gasteiger partial charge in [-0.15, -0.1) is 0 Å². The highest BCUT2D eigenvalue weighted by Crippen LogP contribution is 2.41. The summed E-state index contributed by atoms with van der Waals surface area (Å²) in [7, 11) is 0. The lowest BCUT2D eigenvalue weighted by atomic mass is 9.97. The van der Waals surface area contributed by atoms with Crippen LogP contribution in [0.5, 0.6) is 5.75 Å². The number of hydrogen-bond acceptors (Lipinski definition) is 5. The van der Waals surface area contributed by atoms with E-state index in [4.69, 9.17) is 10.5 Å². The molecule has 21 heavy (non-hydrogen) atoms. The summed E-state index contributed by atoms with van der Waals surface area (Å²) in [5, 5.41) is 11.1. The number of nitro benzene ring substituents is 1. The molecule has 1 aromatic carbocycles. The first-order chi connectivity index (χ1) is 10.1. The second kappa shape index (κ2) is 5.52. The zero-order valence-corrected chi connectivity index (χ0v) is 12.2. The van der Waals surface area contributed by atoms with Crippen LogP contribution in [0, 0.1) is 10.1 Å². The normalized spacial score (nSPS) is 27.7. The van der Waals surface area contributed by atoms with Crippen molar-refractivity contribution >= 4 is 11.4 Å². The van der Waals surface area contributed by atoms with Crippen molar-refractivity contribution in [2.45, 2.75) is 50.7 Å². The molecule has 2 heterocycles. The Morgan fingerprint density at radius 3 is 2.62 bits per heavy atom. The second-order valence-corrected chi connectivity index (χ2v) is 5.87. The van der Waals surface area contributed by atoms with Crippen LogP contribution in [0.2, 0.25) is 0 Å². The first-order valence-electron chi connectivity index (χ1n) is 7.55. The number of hydrogen-bond donors (Lipinski definition) is 1. The van der Waals surface area contributed by atoms with Crippen molar-refractivity contribution in [2.75, 3.05) is 11.5 Å². The Bertz CT molecular complexity index is 535. The summed E-state index contributed by atoms with van der Waals surface area (Å²) in [6, 6.07) is 6.38. The summed E-state index contributed by atoms with van der Waals surface area (Å²) in [6.07, 6.45) is 4.30. The summed E-state index contributed by atoms with van der Waals surface area (Å²) in [4.78, 5) is 13.1. The molecular formula is C15H21N3O3. The minimum atomic E-state index is -0.393. The van der Waals surface area contributed by atoms with Crippen molar-refractivity contribution in [3.05, 3.63) is 28.3 Å². The minimum Gasteiger partial charge on any atom is -0.487 e. The van der Waals surface area contributed by atoms with Crippen molar-refractivity contribution in [3.8, 4) is 5.75 Å². The van der Waals surface area contributed by atoms with Gasteiger partial charge in [-0.05, 0) is 38.7 Å². The van der Waals surface area contributed by atoms with E-state index in [0.717, 1.165) is 31.4 Å². The first-order valence-corrected chi connectivity index (χ1v) is 7.55. The molecule has 2 N–H and O–H groups in total. The summed E-state index contributed by atoms with van der Waals surface area (Å²) in [5.74, 6) is 0.356. The van der Waals surface area contributed by atoms with Crippen LogP contribution in [0.15, 0.2) is 18.2 Å². The fraction of sp³-hybridized carbons (Fsp3) is 0.600. The lowest BCUT2D eigenvalue weighted by Crippen LogP contribution is -2.47. The van der Waals surface area contributed by atoms with Crippen LogP contribution >= 0.6 is 0 Å². The van der Waals surface area contributed by atoms with Gasteiger partial charge in [0.05, 0.1) is 11.5 Å². The van der Waals surface area contributed by atoms with Gasteiger partial charge < -0.3 is 15.4 Å². The molecule has 0 saturated carbocycles. The molecule has 114 valence electrons. The highest BCUT2D eigenvalue weighted by molar-refractivity contribution is 5.61. The third-order valence-electron chi connectivity index (χ3n) is 4.51. The zero-order valence-electron chi connectivity index (χ0n) is 12.2. The van der Waals surface area contributed by atoms with Gasteiger partial charge in [-0.1, -0.05) is 0 Å². The van der Waals surface area contributed by atoms with E-state index >= 15 is 0 Å². The van der Waals surface area contributed by atoms with Gasteiger partial charge in [0.15, 0.2) is 5.75 Å². The molecular weight excluding hydrogens is 270 g/mol. The maximum atomic E-state index is 11.1. The third-order valence-corrected chi connectivity index (χ3v) is 4.51. The second-order valence-electron chi connectivity index (χ2n) is 5.87. The van der Waals surface area contributed by atoms with E-state index in [1.807, 2.05) is 19.1 Å². The number of anilines is 1. The van der Waals surface area contributed by atoms with Crippen molar-refractivity contribution in [1.82, 2.24) is 0 Å². The van der Waals surface area contributed by atoms with Gasteiger partial charge in [-0.25, -0.2) is 0 Å². The summed E-state index contributed by atoms with van der Waals surface area (Å²) in [5.41, 5.74) is 7.14. The maximum absolute atomic E-state index is 11.1. The molecule has 2 aliphatic heterocycles. The van der Waals surface area contributed by atoms with Crippen LogP contribution in [0.25, 0.3) is 0 Å². The van der Waals surface area contributed by atoms with Crippen LogP contribution in [0.1, 0.15) is 32.6 Å². The Labute approximate surface area is 124 Å². The van der Waals surface area contributed by atoms with E-state index in [1.165, 1.54) is 0 Å². The van der Waals surface area contributed by atoms with E-state index in [9.17, 15) is 10.1 Å². The van der Waals surface area contributed by atoms with E-state index in [0.29, 0.717) is 24.4 Å². The van der Waals surface area contributed by atoms with Crippen LogP contribution in [-0.4, -0.2) is 29.7 Å². The van der Waals surface area contributed by atoms with Gasteiger partial charge in [0.25, 0.3) is 0 Å². The molecule has 3 rings (SSSR count). The van der Waals surface area contributed by atoms with E-state index in [2.05, 4.69) is 4.90 Å². The van der Waals surface area contributed by atoms with Crippen molar-refractivity contribution in [2.24, 2.45) is 5.73 Å². The molecule has 0 spiro atoms. The zero-order chi connectivity index (χ0) is 15.0. The SMILES string of the molecule is CCOc1cc(N2C3CCC2CC(N)C3)ccc1[N+](=O)[O-]. The monoisotopic (exact) mass is 291 g/mol. The number of fused-ring (bicyclic) bond motifs is 2. The molecule has 0 aliphatic carbocycles.